The molecule has 0 aliphatic carbocycles. The molecule has 0 aromatic carbocycles. The summed E-state index contributed by atoms with van der Waals surface area (Å²) >= 11 is 4.10. The van der Waals surface area contributed by atoms with Gasteiger partial charge in [-0.15, -0.1) is 10.2 Å². The molecule has 2 amide bonds. The normalized spacial score (nSPS) is 10.7. The minimum Gasteiger partial charge on any atom is -0.464 e. The molecule has 0 aliphatic rings. The van der Waals surface area contributed by atoms with E-state index in [2.05, 4.69) is 15.5 Å². The Morgan fingerprint density at radius 1 is 1.23 bits per heavy atom. The van der Waals surface area contributed by atoms with Crippen molar-refractivity contribution < 1.29 is 14.0 Å². The SMILES string of the molecule is CCCNC(=O)CSc1nnc(SCC(=O)N(C)Cc2ccc(C)o2)s1. The maximum Gasteiger partial charge on any atom is 0.233 e. The number of carbonyl (C=O) groups is 2. The monoisotopic (exact) mass is 414 g/mol. The maximum absolute atomic E-state index is 12.2. The molecule has 0 unspecified atom stereocenters. The number of nitrogens with one attached hydrogen (secondary N) is 1. The molecule has 0 saturated carbocycles. The van der Waals surface area contributed by atoms with Gasteiger partial charge in [0.05, 0.1) is 18.1 Å². The second-order valence-corrected chi connectivity index (χ2v) is 8.95. The van der Waals surface area contributed by atoms with Crippen molar-refractivity contribution >= 4 is 46.7 Å². The van der Waals surface area contributed by atoms with Crippen LogP contribution in [0.3, 0.4) is 0 Å². The van der Waals surface area contributed by atoms with E-state index in [1.165, 1.54) is 34.9 Å². The van der Waals surface area contributed by atoms with E-state index < -0.39 is 0 Å². The van der Waals surface area contributed by atoms with Gasteiger partial charge >= 0.3 is 0 Å². The minimum atomic E-state index is -0.00813. The number of hydrogen-bond donors (Lipinski definition) is 1. The number of rotatable bonds is 10. The third kappa shape index (κ3) is 7.00. The predicted molar refractivity (Wildman–Crippen MR) is 105 cm³/mol. The number of aromatic nitrogens is 2. The smallest absolute Gasteiger partial charge is 0.233 e. The number of amides is 2. The summed E-state index contributed by atoms with van der Waals surface area (Å²) in [6.07, 6.45) is 0.915. The van der Waals surface area contributed by atoms with Crippen LogP contribution in [0.1, 0.15) is 24.9 Å². The first-order valence-electron chi connectivity index (χ1n) is 8.13. The van der Waals surface area contributed by atoms with Gasteiger partial charge in [-0.05, 0) is 25.5 Å². The molecule has 2 aromatic heterocycles. The van der Waals surface area contributed by atoms with Gasteiger partial charge in [0.2, 0.25) is 11.8 Å². The summed E-state index contributed by atoms with van der Waals surface area (Å²) in [4.78, 5) is 25.4. The molecule has 26 heavy (non-hydrogen) atoms. The third-order valence-electron chi connectivity index (χ3n) is 3.22. The molecule has 2 rings (SSSR count). The van der Waals surface area contributed by atoms with Gasteiger partial charge in [0.15, 0.2) is 8.68 Å². The Morgan fingerprint density at radius 2 is 1.92 bits per heavy atom. The van der Waals surface area contributed by atoms with Crippen LogP contribution in [0.25, 0.3) is 0 Å². The summed E-state index contributed by atoms with van der Waals surface area (Å²) < 4.78 is 6.93. The zero-order valence-electron chi connectivity index (χ0n) is 15.0. The van der Waals surface area contributed by atoms with Crippen molar-refractivity contribution in [2.45, 2.75) is 35.5 Å². The summed E-state index contributed by atoms with van der Waals surface area (Å²) in [6, 6.07) is 3.75. The van der Waals surface area contributed by atoms with Crippen LogP contribution >= 0.6 is 34.9 Å². The third-order valence-corrected chi connectivity index (χ3v) is 6.40. The standard InChI is InChI=1S/C16H22N4O3S3/c1-4-7-17-13(21)9-24-15-18-19-16(26-15)25-10-14(22)20(3)8-12-6-5-11(2)23-12/h5-6H,4,7-10H2,1-3H3,(H,17,21). The molecule has 2 heterocycles. The van der Waals surface area contributed by atoms with Gasteiger partial charge in [-0.3, -0.25) is 9.59 Å². The molecule has 0 aliphatic heterocycles. The lowest BCUT2D eigenvalue weighted by Gasteiger charge is -2.14. The van der Waals surface area contributed by atoms with E-state index in [1.807, 2.05) is 26.0 Å². The Hall–Kier alpha value is -1.52. The Kier molecular flexibility index (Phi) is 8.46. The maximum atomic E-state index is 12.2. The largest absolute Gasteiger partial charge is 0.464 e. The van der Waals surface area contributed by atoms with E-state index in [1.54, 1.807) is 11.9 Å². The zero-order chi connectivity index (χ0) is 18.9. The Balaban J connectivity index is 1.72. The second-order valence-electron chi connectivity index (χ2n) is 5.52. The number of thioether (sulfide) groups is 2. The van der Waals surface area contributed by atoms with Crippen LogP contribution in [0.15, 0.2) is 25.2 Å². The van der Waals surface area contributed by atoms with E-state index >= 15 is 0 Å². The minimum absolute atomic E-state index is 0.00704. The van der Waals surface area contributed by atoms with E-state index in [0.717, 1.165) is 26.6 Å². The second kappa shape index (κ2) is 10.6. The summed E-state index contributed by atoms with van der Waals surface area (Å²) in [5.41, 5.74) is 0. The number of nitrogens with zero attached hydrogens (tertiary/aromatic N) is 3. The van der Waals surface area contributed by atoms with Gasteiger partial charge in [0.25, 0.3) is 0 Å². The van der Waals surface area contributed by atoms with Crippen LogP contribution in [0.5, 0.6) is 0 Å². The number of aryl methyl sites for hydroxylation is 1. The lowest BCUT2D eigenvalue weighted by atomic mass is 10.4. The first-order chi connectivity index (χ1) is 12.5. The molecule has 0 atom stereocenters. The van der Waals surface area contributed by atoms with Crippen molar-refractivity contribution in [2.75, 3.05) is 25.1 Å². The molecular weight excluding hydrogens is 392 g/mol. The van der Waals surface area contributed by atoms with Crippen LogP contribution in [0.4, 0.5) is 0 Å². The van der Waals surface area contributed by atoms with Crippen LogP contribution in [0.2, 0.25) is 0 Å². The Morgan fingerprint density at radius 3 is 2.54 bits per heavy atom. The average Bonchev–Trinajstić information content (AvgIpc) is 3.24. The fourth-order valence-electron chi connectivity index (χ4n) is 1.88. The molecule has 0 spiro atoms. The van der Waals surface area contributed by atoms with Crippen LogP contribution in [-0.4, -0.2) is 52.0 Å². The highest BCUT2D eigenvalue weighted by molar-refractivity contribution is 8.03. The van der Waals surface area contributed by atoms with Crippen LogP contribution < -0.4 is 5.32 Å². The van der Waals surface area contributed by atoms with E-state index in [4.69, 9.17) is 4.42 Å². The van der Waals surface area contributed by atoms with Gasteiger partial charge in [-0.25, -0.2) is 0 Å². The van der Waals surface area contributed by atoms with Crippen molar-refractivity contribution in [1.29, 1.82) is 0 Å². The highest BCUT2D eigenvalue weighted by atomic mass is 32.2. The lowest BCUT2D eigenvalue weighted by molar-refractivity contribution is -0.127. The highest BCUT2D eigenvalue weighted by Crippen LogP contribution is 2.28. The predicted octanol–water partition coefficient (Wildman–Crippen LogP) is 2.81. The van der Waals surface area contributed by atoms with Crippen molar-refractivity contribution in [3.8, 4) is 0 Å². The van der Waals surface area contributed by atoms with Crippen LogP contribution in [-0.2, 0) is 16.1 Å². The number of carbonyl (C=O) groups excluding carboxylic acids is 2. The molecule has 0 bridgehead atoms. The number of furan rings is 1. The summed E-state index contributed by atoms with van der Waals surface area (Å²) in [5, 5.41) is 10.9. The number of hydrogen-bond acceptors (Lipinski definition) is 8. The van der Waals surface area contributed by atoms with Gasteiger partial charge < -0.3 is 14.6 Å². The molecule has 0 radical (unpaired) electrons. The summed E-state index contributed by atoms with van der Waals surface area (Å²) in [6.45, 7) is 5.01. The molecule has 10 heteroatoms. The highest BCUT2D eigenvalue weighted by Gasteiger charge is 2.14. The molecule has 2 aromatic rings. The van der Waals surface area contributed by atoms with Crippen molar-refractivity contribution in [1.82, 2.24) is 20.4 Å². The topological polar surface area (TPSA) is 88.3 Å². The fraction of sp³-hybridized carbons (Fsp3) is 0.500. The van der Waals surface area contributed by atoms with Gasteiger partial charge in [0, 0.05) is 13.6 Å². The quantitative estimate of drug-likeness (QED) is 0.598. The average molecular weight is 415 g/mol. The molecule has 7 nitrogen and oxygen atoms in total. The van der Waals surface area contributed by atoms with E-state index in [9.17, 15) is 9.59 Å². The van der Waals surface area contributed by atoms with E-state index in [0.29, 0.717) is 18.8 Å². The lowest BCUT2D eigenvalue weighted by Crippen LogP contribution is -2.27. The van der Waals surface area contributed by atoms with E-state index in [-0.39, 0.29) is 17.6 Å². The first-order valence-corrected chi connectivity index (χ1v) is 10.9. The van der Waals surface area contributed by atoms with Gasteiger partial charge in [-0.2, -0.15) is 0 Å². The molecular formula is C16H22N4O3S3. The van der Waals surface area contributed by atoms with Gasteiger partial charge in [-0.1, -0.05) is 41.8 Å². The molecule has 1 N–H and O–H groups in total. The van der Waals surface area contributed by atoms with Crippen molar-refractivity contribution in [3.63, 3.8) is 0 Å². The van der Waals surface area contributed by atoms with Crippen molar-refractivity contribution in [3.05, 3.63) is 23.7 Å². The van der Waals surface area contributed by atoms with Crippen LogP contribution in [0, 0.1) is 6.92 Å². The summed E-state index contributed by atoms with van der Waals surface area (Å²) in [7, 11) is 1.75. The Bertz CT molecular complexity index is 732. The fourth-order valence-corrected chi connectivity index (χ4v) is 4.67. The molecule has 0 fully saturated rings. The summed E-state index contributed by atoms with van der Waals surface area (Å²) in [5.74, 6) is 2.19. The first kappa shape index (κ1) is 20.8. The zero-order valence-corrected chi connectivity index (χ0v) is 17.4. The van der Waals surface area contributed by atoms with Gasteiger partial charge in [0.1, 0.15) is 11.5 Å². The molecule has 0 saturated heterocycles. The molecule has 142 valence electrons. The Labute approximate surface area is 165 Å². The van der Waals surface area contributed by atoms with Crippen molar-refractivity contribution in [2.24, 2.45) is 0 Å².